The number of nitriles is 1. The molecular weight excluding hydrogens is 198 g/mol. The SMILES string of the molecule is N#CC(Cc1ccccc1)N1CCNCC1. The zero-order valence-electron chi connectivity index (χ0n) is 9.39. The number of benzene rings is 1. The van der Waals surface area contributed by atoms with E-state index in [9.17, 15) is 5.26 Å². The van der Waals surface area contributed by atoms with Crippen LogP contribution in [0.15, 0.2) is 30.3 Å². The Morgan fingerprint density at radius 1 is 1.25 bits per heavy atom. The molecule has 1 heterocycles. The second kappa shape index (κ2) is 5.64. The molecule has 1 unspecified atom stereocenters. The minimum atomic E-state index is 0.0181. The number of rotatable bonds is 3. The van der Waals surface area contributed by atoms with E-state index < -0.39 is 0 Å². The highest BCUT2D eigenvalue weighted by molar-refractivity contribution is 5.18. The van der Waals surface area contributed by atoms with E-state index in [1.165, 1.54) is 5.56 Å². The number of hydrogen-bond acceptors (Lipinski definition) is 3. The van der Waals surface area contributed by atoms with Gasteiger partial charge in [-0.15, -0.1) is 0 Å². The average molecular weight is 215 g/mol. The zero-order valence-corrected chi connectivity index (χ0v) is 9.39. The average Bonchev–Trinajstić information content (AvgIpc) is 2.38. The van der Waals surface area contributed by atoms with Gasteiger partial charge in [0.1, 0.15) is 6.04 Å². The van der Waals surface area contributed by atoms with Gasteiger partial charge in [0.05, 0.1) is 6.07 Å². The van der Waals surface area contributed by atoms with Gasteiger partial charge >= 0.3 is 0 Å². The molecule has 1 aliphatic heterocycles. The minimum Gasteiger partial charge on any atom is -0.314 e. The highest BCUT2D eigenvalue weighted by atomic mass is 15.2. The molecule has 1 aromatic rings. The van der Waals surface area contributed by atoms with Gasteiger partial charge in [0.25, 0.3) is 0 Å². The van der Waals surface area contributed by atoms with Crippen LogP contribution in [-0.2, 0) is 6.42 Å². The molecule has 1 aliphatic rings. The maximum Gasteiger partial charge on any atom is 0.102 e. The quantitative estimate of drug-likeness (QED) is 0.818. The molecule has 1 atom stereocenters. The third kappa shape index (κ3) is 2.82. The fraction of sp³-hybridized carbons (Fsp3) is 0.462. The summed E-state index contributed by atoms with van der Waals surface area (Å²) in [6.45, 7) is 3.94. The molecule has 1 N–H and O–H groups in total. The zero-order chi connectivity index (χ0) is 11.2. The molecule has 84 valence electrons. The molecule has 1 fully saturated rings. The van der Waals surface area contributed by atoms with Crippen molar-refractivity contribution >= 4 is 0 Å². The van der Waals surface area contributed by atoms with Crippen LogP contribution in [0.2, 0.25) is 0 Å². The third-order valence-corrected chi connectivity index (χ3v) is 3.01. The lowest BCUT2D eigenvalue weighted by molar-refractivity contribution is 0.205. The molecule has 2 rings (SSSR count). The number of hydrogen-bond donors (Lipinski definition) is 1. The van der Waals surface area contributed by atoms with Crippen LogP contribution in [0.1, 0.15) is 5.56 Å². The van der Waals surface area contributed by atoms with Crippen molar-refractivity contribution in [3.8, 4) is 6.07 Å². The first-order chi connectivity index (χ1) is 7.90. The first kappa shape index (κ1) is 11.1. The maximum absolute atomic E-state index is 9.23. The molecule has 0 radical (unpaired) electrons. The molecule has 0 aliphatic carbocycles. The molecule has 1 saturated heterocycles. The molecule has 0 bridgehead atoms. The van der Waals surface area contributed by atoms with Gasteiger partial charge in [-0.25, -0.2) is 0 Å². The minimum absolute atomic E-state index is 0.0181. The summed E-state index contributed by atoms with van der Waals surface area (Å²) in [5.41, 5.74) is 1.24. The standard InChI is InChI=1S/C13H17N3/c14-11-13(16-8-6-15-7-9-16)10-12-4-2-1-3-5-12/h1-5,13,15H,6-10H2. The Hall–Kier alpha value is -1.37. The Morgan fingerprint density at radius 3 is 2.56 bits per heavy atom. The van der Waals surface area contributed by atoms with E-state index in [4.69, 9.17) is 0 Å². The van der Waals surface area contributed by atoms with E-state index in [1.807, 2.05) is 18.2 Å². The maximum atomic E-state index is 9.23. The van der Waals surface area contributed by atoms with Crippen LogP contribution >= 0.6 is 0 Å². The second-order valence-corrected chi connectivity index (χ2v) is 4.12. The van der Waals surface area contributed by atoms with E-state index in [0.29, 0.717) is 0 Å². The molecule has 0 amide bonds. The monoisotopic (exact) mass is 215 g/mol. The highest BCUT2D eigenvalue weighted by Crippen LogP contribution is 2.09. The third-order valence-electron chi connectivity index (χ3n) is 3.01. The summed E-state index contributed by atoms with van der Waals surface area (Å²) in [4.78, 5) is 2.27. The normalized spacial score (nSPS) is 18.9. The van der Waals surface area contributed by atoms with Gasteiger partial charge in [-0.3, -0.25) is 4.90 Å². The van der Waals surface area contributed by atoms with Crippen LogP contribution in [0.25, 0.3) is 0 Å². The fourth-order valence-corrected chi connectivity index (χ4v) is 2.09. The highest BCUT2D eigenvalue weighted by Gasteiger charge is 2.19. The molecule has 3 heteroatoms. The Balaban J connectivity index is 1.98. The summed E-state index contributed by atoms with van der Waals surface area (Å²) in [5, 5.41) is 12.5. The van der Waals surface area contributed by atoms with E-state index in [2.05, 4.69) is 28.4 Å². The predicted molar refractivity (Wildman–Crippen MR) is 64.0 cm³/mol. The summed E-state index contributed by atoms with van der Waals surface area (Å²) in [6.07, 6.45) is 0.831. The van der Waals surface area contributed by atoms with E-state index in [-0.39, 0.29) is 6.04 Å². The largest absolute Gasteiger partial charge is 0.314 e. The summed E-state index contributed by atoms with van der Waals surface area (Å²) >= 11 is 0. The number of nitrogens with one attached hydrogen (secondary N) is 1. The van der Waals surface area contributed by atoms with Crippen LogP contribution in [0.4, 0.5) is 0 Å². The van der Waals surface area contributed by atoms with Gasteiger partial charge in [0, 0.05) is 32.6 Å². The smallest absolute Gasteiger partial charge is 0.102 e. The van der Waals surface area contributed by atoms with Crippen LogP contribution in [0, 0.1) is 11.3 Å². The Kier molecular flexibility index (Phi) is 3.92. The van der Waals surface area contributed by atoms with Crippen molar-refractivity contribution in [1.82, 2.24) is 10.2 Å². The first-order valence-corrected chi connectivity index (χ1v) is 5.78. The molecule has 0 saturated carbocycles. The molecule has 0 spiro atoms. The Morgan fingerprint density at radius 2 is 1.94 bits per heavy atom. The lowest BCUT2D eigenvalue weighted by atomic mass is 10.1. The molecule has 16 heavy (non-hydrogen) atoms. The summed E-state index contributed by atoms with van der Waals surface area (Å²) in [6, 6.07) is 12.7. The van der Waals surface area contributed by atoms with Crippen molar-refractivity contribution in [2.45, 2.75) is 12.5 Å². The summed E-state index contributed by atoms with van der Waals surface area (Å²) in [7, 11) is 0. The molecule has 1 aromatic carbocycles. The van der Waals surface area contributed by atoms with Gasteiger partial charge in [-0.05, 0) is 5.56 Å². The van der Waals surface area contributed by atoms with Crippen molar-refractivity contribution in [2.75, 3.05) is 26.2 Å². The van der Waals surface area contributed by atoms with Crippen molar-refractivity contribution in [3.05, 3.63) is 35.9 Å². The second-order valence-electron chi connectivity index (χ2n) is 4.12. The van der Waals surface area contributed by atoms with Crippen molar-refractivity contribution in [3.63, 3.8) is 0 Å². The topological polar surface area (TPSA) is 39.1 Å². The predicted octanol–water partition coefficient (Wildman–Crippen LogP) is 1.03. The summed E-state index contributed by atoms with van der Waals surface area (Å²) < 4.78 is 0. The number of nitrogens with zero attached hydrogens (tertiary/aromatic N) is 2. The fourth-order valence-electron chi connectivity index (χ4n) is 2.09. The van der Waals surface area contributed by atoms with Crippen molar-refractivity contribution < 1.29 is 0 Å². The Labute approximate surface area is 96.7 Å². The van der Waals surface area contributed by atoms with Gasteiger partial charge in [0.2, 0.25) is 0 Å². The van der Waals surface area contributed by atoms with Gasteiger partial charge < -0.3 is 5.32 Å². The Bertz CT molecular complexity index is 349. The van der Waals surface area contributed by atoms with E-state index >= 15 is 0 Å². The first-order valence-electron chi connectivity index (χ1n) is 5.78. The lowest BCUT2D eigenvalue weighted by Gasteiger charge is -2.31. The van der Waals surface area contributed by atoms with Crippen LogP contribution in [0.5, 0.6) is 0 Å². The van der Waals surface area contributed by atoms with E-state index in [1.54, 1.807) is 0 Å². The van der Waals surface area contributed by atoms with Gasteiger partial charge in [-0.1, -0.05) is 30.3 Å². The molecule has 0 aromatic heterocycles. The van der Waals surface area contributed by atoms with Crippen LogP contribution in [0.3, 0.4) is 0 Å². The van der Waals surface area contributed by atoms with Crippen LogP contribution < -0.4 is 5.32 Å². The van der Waals surface area contributed by atoms with Gasteiger partial charge in [0.15, 0.2) is 0 Å². The van der Waals surface area contributed by atoms with Gasteiger partial charge in [-0.2, -0.15) is 5.26 Å². The molecular formula is C13H17N3. The van der Waals surface area contributed by atoms with E-state index in [0.717, 1.165) is 32.6 Å². The summed E-state index contributed by atoms with van der Waals surface area (Å²) in [5.74, 6) is 0. The van der Waals surface area contributed by atoms with Crippen molar-refractivity contribution in [2.24, 2.45) is 0 Å². The molecule has 3 nitrogen and oxygen atoms in total. The lowest BCUT2D eigenvalue weighted by Crippen LogP contribution is -2.48. The van der Waals surface area contributed by atoms with Crippen LogP contribution in [-0.4, -0.2) is 37.1 Å². The van der Waals surface area contributed by atoms with Crippen molar-refractivity contribution in [1.29, 1.82) is 5.26 Å². The number of piperazine rings is 1.